The average Bonchev–Trinajstić information content (AvgIpc) is 2.67. The van der Waals surface area contributed by atoms with E-state index in [1.807, 2.05) is 84.9 Å². The van der Waals surface area contributed by atoms with Crippen molar-refractivity contribution in [1.82, 2.24) is 9.13 Å². The Kier molecular flexibility index (Phi) is 3.78. The van der Waals surface area contributed by atoms with E-state index in [-0.39, 0.29) is 0 Å². The van der Waals surface area contributed by atoms with Crippen molar-refractivity contribution in [3.05, 3.63) is 111 Å². The van der Waals surface area contributed by atoms with Gasteiger partial charge in [-0.3, -0.25) is 18.7 Å². The summed E-state index contributed by atoms with van der Waals surface area (Å²) in [5.41, 5.74) is 2.06. The molecule has 4 nitrogen and oxygen atoms in total. The fraction of sp³-hybridized carbons (Fsp3) is 0.0476. The van der Waals surface area contributed by atoms with Crippen LogP contribution in [0.15, 0.2) is 94.5 Å². The Morgan fingerprint density at radius 2 is 1.16 bits per heavy atom. The SMILES string of the molecule is O=c1c(=O)n(-c2ccccc2)c2ccccc2n1Cc1ccccc1. The molecule has 0 bridgehead atoms. The first-order chi connectivity index (χ1) is 12.3. The molecule has 4 aromatic rings. The van der Waals surface area contributed by atoms with Crippen LogP contribution in [0.4, 0.5) is 0 Å². The second kappa shape index (κ2) is 6.24. The van der Waals surface area contributed by atoms with Gasteiger partial charge in [0.15, 0.2) is 0 Å². The van der Waals surface area contributed by atoms with Gasteiger partial charge >= 0.3 is 11.1 Å². The number of para-hydroxylation sites is 3. The van der Waals surface area contributed by atoms with Crippen molar-refractivity contribution >= 4 is 11.0 Å². The Morgan fingerprint density at radius 3 is 1.84 bits per heavy atom. The average molecular weight is 328 g/mol. The summed E-state index contributed by atoms with van der Waals surface area (Å²) in [6, 6.07) is 26.4. The molecule has 0 spiro atoms. The Balaban J connectivity index is 2.03. The zero-order chi connectivity index (χ0) is 17.2. The van der Waals surface area contributed by atoms with Crippen LogP contribution in [0.3, 0.4) is 0 Å². The molecule has 25 heavy (non-hydrogen) atoms. The fourth-order valence-corrected chi connectivity index (χ4v) is 3.07. The fourth-order valence-electron chi connectivity index (χ4n) is 3.07. The van der Waals surface area contributed by atoms with Gasteiger partial charge in [-0.2, -0.15) is 0 Å². The van der Waals surface area contributed by atoms with Crippen molar-refractivity contribution < 1.29 is 0 Å². The summed E-state index contributed by atoms with van der Waals surface area (Å²) in [7, 11) is 0. The molecule has 0 saturated carbocycles. The molecule has 0 amide bonds. The van der Waals surface area contributed by atoms with E-state index in [4.69, 9.17) is 0 Å². The molecule has 0 atom stereocenters. The van der Waals surface area contributed by atoms with Crippen LogP contribution in [0.1, 0.15) is 5.56 Å². The number of hydrogen-bond acceptors (Lipinski definition) is 2. The summed E-state index contributed by atoms with van der Waals surface area (Å²) in [6.07, 6.45) is 0. The van der Waals surface area contributed by atoms with Crippen LogP contribution < -0.4 is 11.1 Å². The summed E-state index contributed by atoms with van der Waals surface area (Å²) in [5, 5.41) is 0. The second-order valence-corrected chi connectivity index (χ2v) is 5.84. The van der Waals surface area contributed by atoms with E-state index in [2.05, 4.69) is 0 Å². The van der Waals surface area contributed by atoms with Gasteiger partial charge in [-0.05, 0) is 29.8 Å². The molecule has 0 radical (unpaired) electrons. The minimum absolute atomic E-state index is 0.366. The van der Waals surface area contributed by atoms with Gasteiger partial charge in [0.05, 0.1) is 17.6 Å². The lowest BCUT2D eigenvalue weighted by atomic mass is 10.2. The number of nitrogens with zero attached hydrogens (tertiary/aromatic N) is 2. The molecule has 122 valence electrons. The molecule has 0 aliphatic heterocycles. The van der Waals surface area contributed by atoms with Gasteiger partial charge in [0, 0.05) is 5.69 Å². The third kappa shape index (κ3) is 2.68. The van der Waals surface area contributed by atoms with Gasteiger partial charge in [-0.15, -0.1) is 0 Å². The van der Waals surface area contributed by atoms with Crippen LogP contribution in [-0.2, 0) is 6.54 Å². The molecular formula is C21H16N2O2. The van der Waals surface area contributed by atoms with Gasteiger partial charge in [0.1, 0.15) is 0 Å². The molecule has 0 aliphatic carbocycles. The first-order valence-electron chi connectivity index (χ1n) is 8.09. The molecule has 0 fully saturated rings. The maximum absolute atomic E-state index is 12.8. The van der Waals surface area contributed by atoms with E-state index >= 15 is 0 Å². The quantitative estimate of drug-likeness (QED) is 0.542. The van der Waals surface area contributed by atoms with Crippen LogP contribution in [0.5, 0.6) is 0 Å². The highest BCUT2D eigenvalue weighted by atomic mass is 16.2. The zero-order valence-corrected chi connectivity index (χ0v) is 13.5. The molecule has 0 unspecified atom stereocenters. The number of hydrogen-bond donors (Lipinski definition) is 0. The lowest BCUT2D eigenvalue weighted by molar-refractivity contribution is 0.762. The standard InChI is InChI=1S/C21H16N2O2/c24-20-21(25)23(17-11-5-2-6-12-17)19-14-8-7-13-18(19)22(20)15-16-9-3-1-4-10-16/h1-14H,15H2. The second-order valence-electron chi connectivity index (χ2n) is 5.84. The number of benzene rings is 3. The zero-order valence-electron chi connectivity index (χ0n) is 13.5. The molecule has 3 aromatic carbocycles. The van der Waals surface area contributed by atoms with Crippen molar-refractivity contribution in [1.29, 1.82) is 0 Å². The van der Waals surface area contributed by atoms with Crippen molar-refractivity contribution in [3.63, 3.8) is 0 Å². The maximum Gasteiger partial charge on any atom is 0.321 e. The molecule has 1 aromatic heterocycles. The highest BCUT2D eigenvalue weighted by molar-refractivity contribution is 5.77. The predicted octanol–water partition coefficient (Wildman–Crippen LogP) is 3.20. The summed E-state index contributed by atoms with van der Waals surface area (Å²) < 4.78 is 3.03. The molecule has 4 heteroatoms. The third-order valence-corrected chi connectivity index (χ3v) is 4.24. The van der Waals surface area contributed by atoms with Crippen molar-refractivity contribution in [2.75, 3.05) is 0 Å². The van der Waals surface area contributed by atoms with E-state index in [9.17, 15) is 9.59 Å². The topological polar surface area (TPSA) is 44.0 Å². The Morgan fingerprint density at radius 1 is 0.600 bits per heavy atom. The first-order valence-corrected chi connectivity index (χ1v) is 8.09. The van der Waals surface area contributed by atoms with Gasteiger partial charge in [0.2, 0.25) is 0 Å². The van der Waals surface area contributed by atoms with Crippen molar-refractivity contribution in [2.45, 2.75) is 6.54 Å². The Hall–Kier alpha value is -3.40. The smallest absolute Gasteiger partial charge is 0.298 e. The summed E-state index contributed by atoms with van der Waals surface area (Å²) >= 11 is 0. The molecule has 4 rings (SSSR count). The highest BCUT2D eigenvalue weighted by Gasteiger charge is 2.14. The molecule has 0 N–H and O–H groups in total. The number of fused-ring (bicyclic) bond motifs is 1. The lowest BCUT2D eigenvalue weighted by Gasteiger charge is -2.15. The number of rotatable bonds is 3. The minimum atomic E-state index is -0.541. The summed E-state index contributed by atoms with van der Waals surface area (Å²) in [6.45, 7) is 0.366. The number of aromatic nitrogens is 2. The molecule has 0 saturated heterocycles. The van der Waals surface area contributed by atoms with E-state index in [1.54, 1.807) is 4.57 Å². The summed E-state index contributed by atoms with van der Waals surface area (Å²) in [5.74, 6) is 0. The largest absolute Gasteiger partial charge is 0.321 e. The van der Waals surface area contributed by atoms with Crippen LogP contribution in [0.25, 0.3) is 16.7 Å². The van der Waals surface area contributed by atoms with E-state index < -0.39 is 11.1 Å². The van der Waals surface area contributed by atoms with Crippen LogP contribution >= 0.6 is 0 Å². The Bertz CT molecular complexity index is 1140. The predicted molar refractivity (Wildman–Crippen MR) is 99.3 cm³/mol. The van der Waals surface area contributed by atoms with Gasteiger partial charge < -0.3 is 0 Å². The lowest BCUT2D eigenvalue weighted by Crippen LogP contribution is -2.41. The van der Waals surface area contributed by atoms with Crippen LogP contribution in [-0.4, -0.2) is 9.13 Å². The molecule has 1 heterocycles. The first kappa shape index (κ1) is 15.1. The van der Waals surface area contributed by atoms with Gasteiger partial charge in [-0.25, -0.2) is 0 Å². The van der Waals surface area contributed by atoms with E-state index in [0.717, 1.165) is 11.1 Å². The monoisotopic (exact) mass is 328 g/mol. The van der Waals surface area contributed by atoms with Gasteiger partial charge in [0.25, 0.3) is 0 Å². The van der Waals surface area contributed by atoms with Gasteiger partial charge in [-0.1, -0.05) is 60.7 Å². The molecule has 0 aliphatic rings. The minimum Gasteiger partial charge on any atom is -0.298 e. The highest BCUT2D eigenvalue weighted by Crippen LogP contribution is 2.16. The third-order valence-electron chi connectivity index (χ3n) is 4.24. The van der Waals surface area contributed by atoms with E-state index in [0.29, 0.717) is 17.7 Å². The van der Waals surface area contributed by atoms with Crippen molar-refractivity contribution in [3.8, 4) is 5.69 Å². The summed E-state index contributed by atoms with van der Waals surface area (Å²) in [4.78, 5) is 25.6. The maximum atomic E-state index is 12.8. The van der Waals surface area contributed by atoms with Crippen LogP contribution in [0, 0.1) is 0 Å². The molecular weight excluding hydrogens is 312 g/mol. The van der Waals surface area contributed by atoms with Crippen molar-refractivity contribution in [2.24, 2.45) is 0 Å². The van der Waals surface area contributed by atoms with E-state index in [1.165, 1.54) is 4.57 Å². The van der Waals surface area contributed by atoms with Crippen LogP contribution in [0.2, 0.25) is 0 Å². The normalized spacial score (nSPS) is 10.9. The Labute approximate surface area is 144 Å².